The summed E-state index contributed by atoms with van der Waals surface area (Å²) >= 11 is 3.71. The van der Waals surface area contributed by atoms with Crippen molar-refractivity contribution >= 4 is 102 Å². The van der Waals surface area contributed by atoms with E-state index in [1.807, 2.05) is 34.9 Å². The molecule has 0 saturated carbocycles. The SMILES string of the molecule is c1ccc2c(c1)sc1ccc(N(c3ccc(-c4ccc5oc6ccncc6c5c4)cc3)c3cccc4sc5ccccc5c34)cc12. The summed E-state index contributed by atoms with van der Waals surface area (Å²) in [6, 6.07) is 48.4. The van der Waals surface area contributed by atoms with E-state index < -0.39 is 0 Å². The molecule has 46 heavy (non-hydrogen) atoms. The van der Waals surface area contributed by atoms with Crippen molar-refractivity contribution < 1.29 is 4.42 Å². The summed E-state index contributed by atoms with van der Waals surface area (Å²) in [5, 5.41) is 7.28. The number of anilines is 3. The van der Waals surface area contributed by atoms with Crippen LogP contribution in [0.1, 0.15) is 0 Å². The maximum atomic E-state index is 6.06. The Bertz CT molecular complexity index is 2770. The molecule has 4 aromatic heterocycles. The molecule has 0 aliphatic heterocycles. The second-order valence-electron chi connectivity index (χ2n) is 11.6. The van der Waals surface area contributed by atoms with E-state index in [0.29, 0.717) is 0 Å². The molecule has 0 aliphatic carbocycles. The first-order chi connectivity index (χ1) is 22.8. The van der Waals surface area contributed by atoms with Crippen molar-refractivity contribution in [1.82, 2.24) is 4.98 Å². The van der Waals surface area contributed by atoms with Gasteiger partial charge in [-0.05, 0) is 83.9 Å². The maximum absolute atomic E-state index is 6.06. The monoisotopic (exact) mass is 624 g/mol. The number of furan rings is 1. The fourth-order valence-electron chi connectivity index (χ4n) is 6.83. The van der Waals surface area contributed by atoms with Gasteiger partial charge in [0.05, 0.1) is 5.69 Å². The molecule has 0 aliphatic rings. The van der Waals surface area contributed by atoms with Crippen molar-refractivity contribution in [3.8, 4) is 11.1 Å². The predicted molar refractivity (Wildman–Crippen MR) is 197 cm³/mol. The maximum Gasteiger partial charge on any atom is 0.138 e. The number of benzene rings is 6. The molecule has 0 radical (unpaired) electrons. The van der Waals surface area contributed by atoms with Crippen LogP contribution in [0.4, 0.5) is 17.1 Å². The van der Waals surface area contributed by atoms with Gasteiger partial charge < -0.3 is 9.32 Å². The van der Waals surface area contributed by atoms with Crippen LogP contribution in [-0.2, 0) is 0 Å². The number of fused-ring (bicyclic) bond motifs is 9. The number of rotatable bonds is 4. The Kier molecular flexibility index (Phi) is 5.61. The second kappa shape index (κ2) is 10.0. The molecule has 0 atom stereocenters. The van der Waals surface area contributed by atoms with E-state index in [-0.39, 0.29) is 0 Å². The average Bonchev–Trinajstić information content (AvgIpc) is 3.80. The molecule has 0 spiro atoms. The Balaban J connectivity index is 1.17. The molecule has 6 aromatic carbocycles. The molecule has 5 heteroatoms. The van der Waals surface area contributed by atoms with Crippen molar-refractivity contribution in [3.63, 3.8) is 0 Å². The molecule has 0 amide bonds. The number of aromatic nitrogens is 1. The Morgan fingerprint density at radius 3 is 2.07 bits per heavy atom. The summed E-state index contributed by atoms with van der Waals surface area (Å²) in [5.74, 6) is 0. The lowest BCUT2D eigenvalue weighted by Gasteiger charge is -2.27. The average molecular weight is 625 g/mol. The highest BCUT2D eigenvalue weighted by Crippen LogP contribution is 2.46. The second-order valence-corrected chi connectivity index (χ2v) is 13.8. The van der Waals surface area contributed by atoms with Gasteiger partial charge >= 0.3 is 0 Å². The minimum atomic E-state index is 0.860. The van der Waals surface area contributed by atoms with E-state index in [0.717, 1.165) is 44.4 Å². The minimum absolute atomic E-state index is 0.860. The summed E-state index contributed by atoms with van der Waals surface area (Å²) in [4.78, 5) is 6.76. The van der Waals surface area contributed by atoms with Gasteiger partial charge in [-0.2, -0.15) is 0 Å². The lowest BCUT2D eigenvalue weighted by molar-refractivity contribution is 0.668. The molecule has 10 aromatic rings. The van der Waals surface area contributed by atoms with E-state index in [9.17, 15) is 0 Å². The third-order valence-electron chi connectivity index (χ3n) is 8.97. The summed E-state index contributed by atoms with van der Waals surface area (Å²) < 4.78 is 11.3. The van der Waals surface area contributed by atoms with Crippen molar-refractivity contribution in [2.45, 2.75) is 0 Å². The molecule has 0 fully saturated rings. The largest absolute Gasteiger partial charge is 0.456 e. The first-order valence-electron chi connectivity index (χ1n) is 15.3. The number of pyridine rings is 1. The van der Waals surface area contributed by atoms with E-state index in [1.54, 1.807) is 6.20 Å². The van der Waals surface area contributed by atoms with Crippen LogP contribution < -0.4 is 4.90 Å². The first kappa shape index (κ1) is 25.8. The standard InChI is InChI=1S/C41H24N2OS2/c1-3-9-37-29(6-1)32-23-28(17-19-39(32)45-37)43(34-8-5-11-40-41(34)30-7-2-4-10-38(30)46-40)27-15-12-25(13-16-27)26-14-18-35-31(22-26)33-24-42-21-20-36(33)44-35/h1-24H. The Morgan fingerprint density at radius 1 is 0.478 bits per heavy atom. The number of thiophene rings is 2. The molecule has 216 valence electrons. The fourth-order valence-corrected chi connectivity index (χ4v) is 9.04. The third kappa shape index (κ3) is 3.92. The lowest BCUT2D eigenvalue weighted by atomic mass is 10.0. The molecule has 4 heterocycles. The van der Waals surface area contributed by atoms with Crippen LogP contribution >= 0.6 is 22.7 Å². The molecule has 0 unspecified atom stereocenters. The quantitative estimate of drug-likeness (QED) is 0.195. The van der Waals surface area contributed by atoms with Gasteiger partial charge in [-0.1, -0.05) is 60.7 Å². The van der Waals surface area contributed by atoms with Crippen LogP contribution in [0.5, 0.6) is 0 Å². The molecule has 0 saturated heterocycles. The molecule has 0 bridgehead atoms. The number of hydrogen-bond donors (Lipinski definition) is 0. The highest BCUT2D eigenvalue weighted by molar-refractivity contribution is 7.26. The van der Waals surface area contributed by atoms with Crippen molar-refractivity contribution in [2.24, 2.45) is 0 Å². The number of hydrogen-bond acceptors (Lipinski definition) is 5. The van der Waals surface area contributed by atoms with Crippen LogP contribution in [0.15, 0.2) is 150 Å². The van der Waals surface area contributed by atoms with Gasteiger partial charge in [-0.3, -0.25) is 4.98 Å². The zero-order chi connectivity index (χ0) is 30.2. The van der Waals surface area contributed by atoms with Gasteiger partial charge in [0.2, 0.25) is 0 Å². The summed E-state index contributed by atoms with van der Waals surface area (Å²) in [6.07, 6.45) is 3.66. The zero-order valence-electron chi connectivity index (χ0n) is 24.5. The van der Waals surface area contributed by atoms with Gasteiger partial charge in [0.25, 0.3) is 0 Å². The summed E-state index contributed by atoms with van der Waals surface area (Å²) in [6.45, 7) is 0. The zero-order valence-corrected chi connectivity index (χ0v) is 26.1. The third-order valence-corrected chi connectivity index (χ3v) is 11.3. The molecular formula is C41H24N2OS2. The van der Waals surface area contributed by atoms with Gasteiger partial charge in [-0.15, -0.1) is 22.7 Å². The Morgan fingerprint density at radius 2 is 1.17 bits per heavy atom. The minimum Gasteiger partial charge on any atom is -0.456 e. The number of nitrogens with zero attached hydrogens (tertiary/aromatic N) is 2. The van der Waals surface area contributed by atoms with Crippen LogP contribution in [0.2, 0.25) is 0 Å². The smallest absolute Gasteiger partial charge is 0.138 e. The van der Waals surface area contributed by atoms with Gasteiger partial charge in [-0.25, -0.2) is 0 Å². The van der Waals surface area contributed by atoms with Crippen molar-refractivity contribution in [1.29, 1.82) is 0 Å². The van der Waals surface area contributed by atoms with E-state index in [1.165, 1.54) is 46.0 Å². The van der Waals surface area contributed by atoms with Gasteiger partial charge in [0.15, 0.2) is 0 Å². The normalized spacial score (nSPS) is 11.9. The topological polar surface area (TPSA) is 29.3 Å². The van der Waals surface area contributed by atoms with E-state index >= 15 is 0 Å². The molecule has 0 N–H and O–H groups in total. The molecule has 10 rings (SSSR count). The molecule has 3 nitrogen and oxygen atoms in total. The highest BCUT2D eigenvalue weighted by atomic mass is 32.1. The van der Waals surface area contributed by atoms with Gasteiger partial charge in [0, 0.05) is 74.9 Å². The van der Waals surface area contributed by atoms with Crippen molar-refractivity contribution in [2.75, 3.05) is 4.90 Å². The van der Waals surface area contributed by atoms with Crippen LogP contribution in [0, 0.1) is 0 Å². The summed E-state index contributed by atoms with van der Waals surface area (Å²) in [7, 11) is 0. The van der Waals surface area contributed by atoms with Gasteiger partial charge in [0.1, 0.15) is 11.2 Å². The van der Waals surface area contributed by atoms with Crippen molar-refractivity contribution in [3.05, 3.63) is 146 Å². The van der Waals surface area contributed by atoms with E-state index in [2.05, 4.69) is 137 Å². The van der Waals surface area contributed by atoms with Crippen LogP contribution in [-0.4, -0.2) is 4.98 Å². The lowest BCUT2D eigenvalue weighted by Crippen LogP contribution is -2.10. The summed E-state index contributed by atoms with van der Waals surface area (Å²) in [5.41, 5.74) is 7.48. The predicted octanol–water partition coefficient (Wildman–Crippen LogP) is 12.9. The van der Waals surface area contributed by atoms with E-state index in [4.69, 9.17) is 4.42 Å². The Labute approximate surface area is 272 Å². The first-order valence-corrected chi connectivity index (χ1v) is 16.9. The highest BCUT2D eigenvalue weighted by Gasteiger charge is 2.20. The van der Waals surface area contributed by atoms with Crippen LogP contribution in [0.3, 0.4) is 0 Å². The molecular weight excluding hydrogens is 601 g/mol. The fraction of sp³-hybridized carbons (Fsp3) is 0. The Hall–Kier alpha value is -5.49. The van der Waals surface area contributed by atoms with Crippen LogP contribution in [0.25, 0.3) is 73.4 Å².